The van der Waals surface area contributed by atoms with Crippen molar-refractivity contribution in [1.29, 1.82) is 0 Å². The molecule has 1 aromatic rings. The summed E-state index contributed by atoms with van der Waals surface area (Å²) < 4.78 is 16.0. The lowest BCUT2D eigenvalue weighted by atomic mass is 9.83. The molecule has 0 unspecified atom stereocenters. The Balaban J connectivity index is 2.00. The highest BCUT2D eigenvalue weighted by atomic mass is 16.7. The van der Waals surface area contributed by atoms with Crippen LogP contribution in [-0.2, 0) is 4.74 Å². The van der Waals surface area contributed by atoms with Crippen LogP contribution in [0.1, 0.15) is 49.9 Å². The van der Waals surface area contributed by atoms with Gasteiger partial charge in [-0.25, -0.2) is 0 Å². The molecule has 140 valence electrons. The average Bonchev–Trinajstić information content (AvgIpc) is 3.24. The summed E-state index contributed by atoms with van der Waals surface area (Å²) in [5.74, 6) is 1.60. The van der Waals surface area contributed by atoms with Crippen molar-refractivity contribution in [1.82, 2.24) is 0 Å². The van der Waals surface area contributed by atoms with Gasteiger partial charge in [0.1, 0.15) is 11.5 Å². The SMILES string of the molecule is COCOc1ccc(OC)cc1C(=O)[C@H]1/C(=C2\CCC=C2C)CC[C@@H]1C. The molecule has 2 aliphatic carbocycles. The highest BCUT2D eigenvalue weighted by Gasteiger charge is 2.38. The van der Waals surface area contributed by atoms with E-state index >= 15 is 0 Å². The molecule has 0 amide bonds. The van der Waals surface area contributed by atoms with Gasteiger partial charge in [0.2, 0.25) is 0 Å². The number of carbonyl (C=O) groups is 1. The number of ether oxygens (including phenoxy) is 3. The zero-order valence-electron chi connectivity index (χ0n) is 16.1. The van der Waals surface area contributed by atoms with Gasteiger partial charge in [0.25, 0.3) is 0 Å². The minimum absolute atomic E-state index is 0.0801. The summed E-state index contributed by atoms with van der Waals surface area (Å²) in [6.07, 6.45) is 6.49. The van der Waals surface area contributed by atoms with Crippen molar-refractivity contribution in [2.45, 2.75) is 39.5 Å². The van der Waals surface area contributed by atoms with Crippen molar-refractivity contribution in [3.63, 3.8) is 0 Å². The monoisotopic (exact) mass is 356 g/mol. The molecule has 2 aliphatic rings. The molecular weight excluding hydrogens is 328 g/mol. The molecule has 4 heteroatoms. The number of carbonyl (C=O) groups excluding carboxylic acids is 1. The number of methoxy groups -OCH3 is 2. The Morgan fingerprint density at radius 2 is 2.04 bits per heavy atom. The van der Waals surface area contributed by atoms with Crippen LogP contribution in [0.15, 0.2) is 41.0 Å². The van der Waals surface area contributed by atoms with Gasteiger partial charge >= 0.3 is 0 Å². The predicted octanol–water partition coefficient (Wildman–Crippen LogP) is 4.94. The van der Waals surface area contributed by atoms with Crippen LogP contribution in [-0.4, -0.2) is 26.8 Å². The molecule has 1 saturated carbocycles. The number of ketones is 1. The van der Waals surface area contributed by atoms with E-state index in [1.165, 1.54) is 16.7 Å². The van der Waals surface area contributed by atoms with Gasteiger partial charge in [0, 0.05) is 13.0 Å². The summed E-state index contributed by atoms with van der Waals surface area (Å²) in [7, 11) is 3.18. The maximum Gasteiger partial charge on any atom is 0.188 e. The summed E-state index contributed by atoms with van der Waals surface area (Å²) in [6.45, 7) is 4.46. The lowest BCUT2D eigenvalue weighted by Crippen LogP contribution is -2.21. The molecule has 0 spiro atoms. The molecular formula is C22H28O4. The Labute approximate surface area is 155 Å². The number of rotatable bonds is 6. The van der Waals surface area contributed by atoms with E-state index in [1.54, 1.807) is 26.4 Å². The van der Waals surface area contributed by atoms with Crippen LogP contribution < -0.4 is 9.47 Å². The minimum Gasteiger partial charge on any atom is -0.497 e. The highest BCUT2D eigenvalue weighted by molar-refractivity contribution is 6.02. The van der Waals surface area contributed by atoms with Crippen LogP contribution in [0.2, 0.25) is 0 Å². The first-order valence-electron chi connectivity index (χ1n) is 9.29. The predicted molar refractivity (Wildman–Crippen MR) is 102 cm³/mol. The van der Waals surface area contributed by atoms with Gasteiger partial charge < -0.3 is 14.2 Å². The zero-order valence-corrected chi connectivity index (χ0v) is 16.1. The first-order chi connectivity index (χ1) is 12.6. The smallest absolute Gasteiger partial charge is 0.188 e. The lowest BCUT2D eigenvalue weighted by molar-refractivity contribution is 0.0499. The van der Waals surface area contributed by atoms with Gasteiger partial charge in [0.15, 0.2) is 12.6 Å². The Kier molecular flexibility index (Phi) is 5.82. The average molecular weight is 356 g/mol. The van der Waals surface area contributed by atoms with Crippen LogP contribution in [0.25, 0.3) is 0 Å². The van der Waals surface area contributed by atoms with Crippen molar-refractivity contribution >= 4 is 5.78 Å². The first-order valence-corrected chi connectivity index (χ1v) is 9.29. The maximum absolute atomic E-state index is 13.6. The van der Waals surface area contributed by atoms with E-state index in [9.17, 15) is 4.79 Å². The van der Waals surface area contributed by atoms with E-state index in [-0.39, 0.29) is 18.5 Å². The van der Waals surface area contributed by atoms with Crippen LogP contribution >= 0.6 is 0 Å². The molecule has 0 radical (unpaired) electrons. The summed E-state index contributed by atoms with van der Waals surface area (Å²) in [6, 6.07) is 5.39. The van der Waals surface area contributed by atoms with Gasteiger partial charge in [0.05, 0.1) is 12.7 Å². The second-order valence-electron chi connectivity index (χ2n) is 7.20. The van der Waals surface area contributed by atoms with Crippen molar-refractivity contribution in [3.05, 3.63) is 46.6 Å². The molecule has 0 saturated heterocycles. The molecule has 4 nitrogen and oxygen atoms in total. The van der Waals surface area contributed by atoms with Crippen LogP contribution in [0, 0.1) is 11.8 Å². The Morgan fingerprint density at radius 3 is 2.69 bits per heavy atom. The van der Waals surface area contributed by atoms with Crippen molar-refractivity contribution in [2.75, 3.05) is 21.0 Å². The molecule has 1 fully saturated rings. The molecule has 0 bridgehead atoms. The van der Waals surface area contributed by atoms with Crippen LogP contribution in [0.5, 0.6) is 11.5 Å². The summed E-state index contributed by atoms with van der Waals surface area (Å²) in [4.78, 5) is 13.6. The molecule has 3 rings (SSSR count). The second-order valence-corrected chi connectivity index (χ2v) is 7.20. The number of Topliss-reactive ketones (excluding diaryl/α,β-unsaturated/α-hetero) is 1. The molecule has 0 aliphatic heterocycles. The third kappa shape index (κ3) is 3.56. The van der Waals surface area contributed by atoms with Gasteiger partial charge in [-0.1, -0.05) is 24.1 Å². The van der Waals surface area contributed by atoms with E-state index in [0.717, 1.165) is 25.7 Å². The van der Waals surface area contributed by atoms with E-state index < -0.39 is 0 Å². The lowest BCUT2D eigenvalue weighted by Gasteiger charge is -2.21. The minimum atomic E-state index is -0.0801. The molecule has 1 aromatic carbocycles. The topological polar surface area (TPSA) is 44.8 Å². The number of hydrogen-bond donors (Lipinski definition) is 0. The van der Waals surface area contributed by atoms with E-state index in [1.807, 2.05) is 6.07 Å². The van der Waals surface area contributed by atoms with E-state index in [0.29, 0.717) is 23.0 Å². The molecule has 2 atom stereocenters. The Bertz CT molecular complexity index is 745. The quantitative estimate of drug-likeness (QED) is 0.535. The second kappa shape index (κ2) is 8.09. The van der Waals surface area contributed by atoms with Crippen LogP contribution in [0.3, 0.4) is 0 Å². The Hall–Kier alpha value is -2.07. The maximum atomic E-state index is 13.6. The van der Waals surface area contributed by atoms with Gasteiger partial charge in [-0.15, -0.1) is 0 Å². The first kappa shape index (κ1) is 18.7. The number of allylic oxidation sites excluding steroid dienone is 4. The van der Waals surface area contributed by atoms with Gasteiger partial charge in [-0.2, -0.15) is 0 Å². The fraction of sp³-hybridized carbons (Fsp3) is 0.500. The fourth-order valence-corrected chi connectivity index (χ4v) is 4.22. The standard InChI is InChI=1S/C22H28O4/c1-14-6-5-7-17(14)18-10-8-15(2)21(18)22(23)19-12-16(25-4)9-11-20(19)26-13-24-3/h6,9,11-12,15,21H,5,7-8,10,13H2,1-4H3/b18-17+/t15-,21+/m0/s1. The number of benzene rings is 1. The third-order valence-electron chi connectivity index (χ3n) is 5.59. The van der Waals surface area contributed by atoms with Crippen molar-refractivity contribution in [2.24, 2.45) is 11.8 Å². The molecule has 26 heavy (non-hydrogen) atoms. The van der Waals surface area contributed by atoms with E-state index in [4.69, 9.17) is 14.2 Å². The largest absolute Gasteiger partial charge is 0.497 e. The Morgan fingerprint density at radius 1 is 1.23 bits per heavy atom. The summed E-state index contributed by atoms with van der Waals surface area (Å²) >= 11 is 0. The van der Waals surface area contributed by atoms with Crippen molar-refractivity contribution in [3.8, 4) is 11.5 Å². The summed E-state index contributed by atoms with van der Waals surface area (Å²) in [5.41, 5.74) is 4.65. The highest BCUT2D eigenvalue weighted by Crippen LogP contribution is 2.45. The van der Waals surface area contributed by atoms with E-state index in [2.05, 4.69) is 19.9 Å². The van der Waals surface area contributed by atoms with Gasteiger partial charge in [-0.05, 0) is 62.3 Å². The zero-order chi connectivity index (χ0) is 18.7. The summed E-state index contributed by atoms with van der Waals surface area (Å²) in [5, 5.41) is 0. The molecule has 0 aromatic heterocycles. The fourth-order valence-electron chi connectivity index (χ4n) is 4.22. The van der Waals surface area contributed by atoms with Crippen molar-refractivity contribution < 1.29 is 19.0 Å². The molecule has 0 N–H and O–H groups in total. The third-order valence-corrected chi connectivity index (χ3v) is 5.59. The van der Waals surface area contributed by atoms with Crippen LogP contribution in [0.4, 0.5) is 0 Å². The normalized spacial score (nSPS) is 25.3. The molecule has 0 heterocycles. The van der Waals surface area contributed by atoms with Gasteiger partial charge in [-0.3, -0.25) is 4.79 Å². The number of hydrogen-bond acceptors (Lipinski definition) is 4.